The molecule has 0 saturated heterocycles. The molecule has 2 nitrogen and oxygen atoms in total. The molecule has 0 amide bonds. The van der Waals surface area contributed by atoms with Gasteiger partial charge in [-0.15, -0.1) is 0 Å². The van der Waals surface area contributed by atoms with Gasteiger partial charge in [-0.3, -0.25) is 0 Å². The number of hydrogen-bond acceptors (Lipinski definition) is 1. The summed E-state index contributed by atoms with van der Waals surface area (Å²) >= 11 is 0. The Morgan fingerprint density at radius 2 is 2.00 bits per heavy atom. The Balaban J connectivity index is 3.58. The molecule has 0 unspecified atom stereocenters. The fourth-order valence-corrected chi connectivity index (χ4v) is 0.0340. The average molecular weight is 101 g/mol. The highest BCUT2D eigenvalue weighted by Crippen LogP contribution is 2.07. The van der Waals surface area contributed by atoms with Gasteiger partial charge in [0.1, 0.15) is 6.29 Å². The van der Waals surface area contributed by atoms with Gasteiger partial charge < -0.3 is 4.79 Å². The normalized spacial score (nSPS) is 11.3. The van der Waals surface area contributed by atoms with E-state index in [9.17, 15) is 9.90 Å². The van der Waals surface area contributed by atoms with Crippen LogP contribution in [-0.2, 0) is 9.90 Å². The number of carbonyl (C=O) groups excluding carboxylic acids is 1. The molecule has 0 atom stereocenters. The lowest BCUT2D eigenvalue weighted by Gasteiger charge is -2.07. The van der Waals surface area contributed by atoms with Crippen molar-refractivity contribution in [2.75, 3.05) is 6.61 Å². The lowest BCUT2D eigenvalue weighted by molar-refractivity contribution is -0.117. The van der Waals surface area contributed by atoms with E-state index in [2.05, 4.69) is 0 Å². The van der Waals surface area contributed by atoms with Crippen molar-refractivity contribution >= 4 is 6.29 Å². The third-order valence-electron chi connectivity index (χ3n) is 0.691. The van der Waals surface area contributed by atoms with Crippen LogP contribution >= 0.6 is 0 Å². The first kappa shape index (κ1) is 6.63. The first-order chi connectivity index (χ1) is 3.12. The molecule has 1 radical (unpaired) electrons. The molecule has 0 heterocycles. The lowest BCUT2D eigenvalue weighted by atomic mass is 9.98. The molecule has 0 aliphatic rings. The average Bonchev–Trinajstić information content (AvgIpc) is 1.68. The van der Waals surface area contributed by atoms with Crippen LogP contribution in [0.3, 0.4) is 0 Å². The summed E-state index contributed by atoms with van der Waals surface area (Å²) in [4.78, 5) is 9.86. The van der Waals surface area contributed by atoms with Crippen LogP contribution in [0.25, 0.3) is 0 Å². The van der Waals surface area contributed by atoms with Gasteiger partial charge in [-0.25, -0.2) is 5.11 Å². The number of rotatable bonds is 2. The minimum absolute atomic E-state index is 0.323. The van der Waals surface area contributed by atoms with E-state index in [-0.39, 0.29) is 6.61 Å². The molecule has 41 valence electrons. The highest BCUT2D eigenvalue weighted by Gasteiger charge is 2.14. The Morgan fingerprint density at radius 1 is 1.57 bits per heavy atom. The molecule has 2 heteroatoms. The van der Waals surface area contributed by atoms with Crippen LogP contribution in [0.1, 0.15) is 13.8 Å². The van der Waals surface area contributed by atoms with Crippen LogP contribution in [0.5, 0.6) is 0 Å². The maximum Gasteiger partial charge on any atom is 0.128 e. The zero-order valence-electron chi connectivity index (χ0n) is 4.60. The maximum atomic E-state index is 9.95. The summed E-state index contributed by atoms with van der Waals surface area (Å²) in [5.41, 5.74) is -0.653. The molecule has 0 aliphatic heterocycles. The van der Waals surface area contributed by atoms with Gasteiger partial charge >= 0.3 is 0 Å². The Morgan fingerprint density at radius 3 is 2.00 bits per heavy atom. The van der Waals surface area contributed by atoms with Crippen molar-refractivity contribution < 1.29 is 9.90 Å². The second kappa shape index (κ2) is 2.07. The monoisotopic (exact) mass is 101 g/mol. The zero-order valence-corrected chi connectivity index (χ0v) is 4.60. The van der Waals surface area contributed by atoms with Gasteiger partial charge in [-0.05, 0) is 0 Å². The minimum Gasteiger partial charge on any atom is -0.303 e. The van der Waals surface area contributed by atoms with Crippen molar-refractivity contribution in [1.29, 1.82) is 0 Å². The van der Waals surface area contributed by atoms with Crippen LogP contribution in [0.4, 0.5) is 0 Å². The van der Waals surface area contributed by atoms with Crippen molar-refractivity contribution in [3.8, 4) is 0 Å². The van der Waals surface area contributed by atoms with Gasteiger partial charge in [-0.1, -0.05) is 13.8 Å². The van der Waals surface area contributed by atoms with E-state index in [1.54, 1.807) is 13.8 Å². The van der Waals surface area contributed by atoms with E-state index in [1.165, 1.54) is 0 Å². The summed E-state index contributed by atoms with van der Waals surface area (Å²) in [6, 6.07) is 0. The first-order valence-corrected chi connectivity index (χ1v) is 2.17. The van der Waals surface area contributed by atoms with Crippen LogP contribution < -0.4 is 0 Å². The minimum atomic E-state index is -0.653. The van der Waals surface area contributed by atoms with Gasteiger partial charge in [-0.2, -0.15) is 0 Å². The van der Waals surface area contributed by atoms with E-state index in [1.807, 2.05) is 0 Å². The molecule has 0 N–H and O–H groups in total. The summed E-state index contributed by atoms with van der Waals surface area (Å²) in [7, 11) is 0. The van der Waals surface area contributed by atoms with E-state index >= 15 is 0 Å². The molecule has 0 bridgehead atoms. The molecular formula is C5H9O2. The molecule has 0 rings (SSSR count). The molecule has 0 aliphatic carbocycles. The Hall–Kier alpha value is -0.370. The highest BCUT2D eigenvalue weighted by atomic mass is 16.3. The summed E-state index contributed by atoms with van der Waals surface area (Å²) in [5.74, 6) is 0. The van der Waals surface area contributed by atoms with Gasteiger partial charge in [0.05, 0.1) is 6.61 Å². The van der Waals surface area contributed by atoms with Crippen molar-refractivity contribution in [2.24, 2.45) is 5.41 Å². The largest absolute Gasteiger partial charge is 0.303 e. The standard InChI is InChI=1S/C5H9O2/c1-5(2,3-6)4-7/h3H,4H2,1-2H3. The Bertz CT molecular complexity index is 66.5. The van der Waals surface area contributed by atoms with Crippen LogP contribution in [-0.4, -0.2) is 12.9 Å². The maximum absolute atomic E-state index is 9.95. The third-order valence-corrected chi connectivity index (χ3v) is 0.691. The SMILES string of the molecule is CC(C)(C=O)C[O]. The number of hydrogen-bond donors (Lipinski definition) is 0. The summed E-state index contributed by atoms with van der Waals surface area (Å²) in [6.45, 7) is 2.91. The van der Waals surface area contributed by atoms with Crippen molar-refractivity contribution in [3.05, 3.63) is 0 Å². The molecule has 0 aromatic carbocycles. The smallest absolute Gasteiger partial charge is 0.128 e. The van der Waals surface area contributed by atoms with Crippen LogP contribution in [0.15, 0.2) is 0 Å². The van der Waals surface area contributed by atoms with E-state index in [4.69, 9.17) is 0 Å². The van der Waals surface area contributed by atoms with Gasteiger partial charge in [0.15, 0.2) is 0 Å². The summed E-state index contributed by atoms with van der Waals surface area (Å²) in [5, 5.41) is 9.95. The van der Waals surface area contributed by atoms with Gasteiger partial charge in [0, 0.05) is 5.41 Å². The second-order valence-corrected chi connectivity index (χ2v) is 2.25. The Kier molecular flexibility index (Phi) is 1.96. The molecule has 0 fully saturated rings. The predicted octanol–water partition coefficient (Wildman–Crippen LogP) is 0.642. The molecular weight excluding hydrogens is 92.1 g/mol. The van der Waals surface area contributed by atoms with Crippen molar-refractivity contribution in [2.45, 2.75) is 13.8 Å². The molecule has 0 saturated carbocycles. The van der Waals surface area contributed by atoms with E-state index < -0.39 is 5.41 Å². The summed E-state index contributed by atoms with van der Waals surface area (Å²) < 4.78 is 0. The van der Waals surface area contributed by atoms with Crippen LogP contribution in [0.2, 0.25) is 0 Å². The molecule has 0 aromatic rings. The van der Waals surface area contributed by atoms with E-state index in [0.717, 1.165) is 0 Å². The first-order valence-electron chi connectivity index (χ1n) is 2.17. The fourth-order valence-electron chi connectivity index (χ4n) is 0.0340. The van der Waals surface area contributed by atoms with Gasteiger partial charge in [0.2, 0.25) is 0 Å². The third kappa shape index (κ3) is 2.34. The fraction of sp³-hybridized carbons (Fsp3) is 0.800. The van der Waals surface area contributed by atoms with Crippen molar-refractivity contribution in [1.82, 2.24) is 0 Å². The molecule has 0 aromatic heterocycles. The lowest BCUT2D eigenvalue weighted by Crippen LogP contribution is -2.16. The predicted molar refractivity (Wildman–Crippen MR) is 25.4 cm³/mol. The zero-order chi connectivity index (χ0) is 5.91. The Labute approximate surface area is 43.2 Å². The summed E-state index contributed by atoms with van der Waals surface area (Å²) in [6.07, 6.45) is 0.681. The molecule has 7 heavy (non-hydrogen) atoms. The van der Waals surface area contributed by atoms with E-state index in [0.29, 0.717) is 6.29 Å². The topological polar surface area (TPSA) is 37.0 Å². The quantitative estimate of drug-likeness (QED) is 0.470. The second-order valence-electron chi connectivity index (χ2n) is 2.25. The molecule has 0 spiro atoms. The number of aldehydes is 1. The van der Waals surface area contributed by atoms with Crippen molar-refractivity contribution in [3.63, 3.8) is 0 Å². The number of carbonyl (C=O) groups is 1. The van der Waals surface area contributed by atoms with Gasteiger partial charge in [0.25, 0.3) is 0 Å². The van der Waals surface area contributed by atoms with Crippen LogP contribution in [0, 0.1) is 5.41 Å². The highest BCUT2D eigenvalue weighted by molar-refractivity contribution is 5.57.